The Hall–Kier alpha value is -2.28. The first-order valence-corrected chi connectivity index (χ1v) is 6.41. The summed E-state index contributed by atoms with van der Waals surface area (Å²) < 4.78 is 25.4. The first-order chi connectivity index (χ1) is 10.0. The van der Waals surface area contributed by atoms with Gasteiger partial charge in [0.15, 0.2) is 0 Å². The highest BCUT2D eigenvalue weighted by Gasteiger charge is 2.19. The molecule has 0 spiro atoms. The van der Waals surface area contributed by atoms with Crippen molar-refractivity contribution >= 4 is 22.6 Å². The molecule has 2 aromatic rings. The van der Waals surface area contributed by atoms with Gasteiger partial charge in [-0.15, -0.1) is 0 Å². The number of nitrogens with two attached hydrogens (primary N) is 1. The molecule has 0 atom stereocenters. The first-order valence-electron chi connectivity index (χ1n) is 6.41. The molecule has 0 unspecified atom stereocenters. The fourth-order valence-corrected chi connectivity index (χ4v) is 2.12. The molecule has 2 rings (SSSR count). The summed E-state index contributed by atoms with van der Waals surface area (Å²) in [6.45, 7) is -0.874. The summed E-state index contributed by atoms with van der Waals surface area (Å²) in [5.41, 5.74) is 6.44. The molecule has 5 nitrogen and oxygen atoms in total. The molecule has 7 heteroatoms. The van der Waals surface area contributed by atoms with E-state index in [1.54, 1.807) is 18.2 Å². The van der Waals surface area contributed by atoms with Gasteiger partial charge in [0, 0.05) is 11.9 Å². The highest BCUT2D eigenvalue weighted by molar-refractivity contribution is 6.03. The van der Waals surface area contributed by atoms with Gasteiger partial charge in [-0.25, -0.2) is 13.8 Å². The van der Waals surface area contributed by atoms with E-state index < -0.39 is 13.0 Å². The van der Waals surface area contributed by atoms with Gasteiger partial charge in [-0.3, -0.25) is 5.41 Å². The number of fused-ring (bicyclic) bond motifs is 1. The Balaban J connectivity index is 2.57. The smallest absolute Gasteiger partial charge is 0.255 e. The van der Waals surface area contributed by atoms with E-state index in [1.807, 2.05) is 12.1 Å². The third-order valence-electron chi connectivity index (χ3n) is 3.02. The summed E-state index contributed by atoms with van der Waals surface area (Å²) in [6.07, 6.45) is -2.58. The number of pyridine rings is 1. The van der Waals surface area contributed by atoms with Crippen LogP contribution < -0.4 is 10.6 Å². The number of amidine groups is 1. The van der Waals surface area contributed by atoms with Gasteiger partial charge in [0.05, 0.1) is 24.2 Å². The Kier molecular flexibility index (Phi) is 4.64. The number of benzene rings is 1. The third kappa shape index (κ3) is 3.43. The average Bonchev–Trinajstić information content (AvgIpc) is 2.45. The van der Waals surface area contributed by atoms with Crippen molar-refractivity contribution in [1.29, 1.82) is 5.41 Å². The van der Waals surface area contributed by atoms with E-state index in [4.69, 9.17) is 16.2 Å². The number of nitrogens with zero attached hydrogens (tertiary/aromatic N) is 2. The zero-order valence-electron chi connectivity index (χ0n) is 11.3. The molecule has 0 aliphatic heterocycles. The van der Waals surface area contributed by atoms with Gasteiger partial charge in [-0.05, 0) is 12.1 Å². The molecule has 0 saturated carbocycles. The van der Waals surface area contributed by atoms with Crippen molar-refractivity contribution < 1.29 is 13.9 Å². The lowest BCUT2D eigenvalue weighted by Gasteiger charge is -2.25. The van der Waals surface area contributed by atoms with Gasteiger partial charge in [0.2, 0.25) is 0 Å². The normalized spacial score (nSPS) is 11.0. The molecule has 0 amide bonds. The lowest BCUT2D eigenvalue weighted by Crippen LogP contribution is -2.34. The molecule has 4 N–H and O–H groups in total. The monoisotopic (exact) mass is 294 g/mol. The maximum atomic E-state index is 12.7. The number of rotatable bonds is 6. The summed E-state index contributed by atoms with van der Waals surface area (Å²) in [6, 6.07) is 8.81. The molecule has 0 fully saturated rings. The predicted octanol–water partition coefficient (Wildman–Crippen LogP) is 1.58. The van der Waals surface area contributed by atoms with E-state index in [2.05, 4.69) is 4.98 Å². The SMILES string of the molecule is N=C(N)c1cc2ccccc2nc1N(CCO)CC(F)F. The Morgan fingerprint density at radius 3 is 2.71 bits per heavy atom. The molecular formula is C14H16F2N4O. The predicted molar refractivity (Wildman–Crippen MR) is 78.1 cm³/mol. The standard InChI is InChI=1S/C14H16F2N4O/c15-12(16)8-20(5-6-21)14-10(13(17)18)7-9-3-1-2-4-11(9)19-14/h1-4,7,12,21H,5-6,8H2,(H3,17,18). The van der Waals surface area contributed by atoms with Crippen LogP contribution in [-0.4, -0.2) is 42.0 Å². The number of alkyl halides is 2. The van der Waals surface area contributed by atoms with Crippen LogP contribution >= 0.6 is 0 Å². The minimum Gasteiger partial charge on any atom is -0.395 e. The second-order valence-electron chi connectivity index (χ2n) is 4.53. The van der Waals surface area contributed by atoms with Crippen LogP contribution in [0.15, 0.2) is 30.3 Å². The molecular weight excluding hydrogens is 278 g/mol. The van der Waals surface area contributed by atoms with Crippen LogP contribution in [0.4, 0.5) is 14.6 Å². The van der Waals surface area contributed by atoms with E-state index in [9.17, 15) is 8.78 Å². The van der Waals surface area contributed by atoms with E-state index >= 15 is 0 Å². The average molecular weight is 294 g/mol. The van der Waals surface area contributed by atoms with Crippen molar-refractivity contribution in [3.8, 4) is 0 Å². The summed E-state index contributed by atoms with van der Waals surface area (Å²) in [7, 11) is 0. The van der Waals surface area contributed by atoms with Gasteiger partial charge in [-0.1, -0.05) is 18.2 Å². The summed E-state index contributed by atoms with van der Waals surface area (Å²) in [4.78, 5) is 5.57. The van der Waals surface area contributed by atoms with Gasteiger partial charge in [0.1, 0.15) is 11.7 Å². The van der Waals surface area contributed by atoms with E-state index in [-0.39, 0.29) is 30.4 Å². The number of aromatic nitrogens is 1. The van der Waals surface area contributed by atoms with Gasteiger partial charge in [-0.2, -0.15) is 0 Å². The molecule has 1 aromatic heterocycles. The van der Waals surface area contributed by atoms with Crippen LogP contribution in [0.5, 0.6) is 0 Å². The summed E-state index contributed by atoms with van der Waals surface area (Å²) in [5.74, 6) is -0.0593. The van der Waals surface area contributed by atoms with Crippen LogP contribution in [0.3, 0.4) is 0 Å². The van der Waals surface area contributed by atoms with Crippen molar-refractivity contribution in [3.05, 3.63) is 35.9 Å². The molecule has 112 valence electrons. The third-order valence-corrected chi connectivity index (χ3v) is 3.02. The maximum absolute atomic E-state index is 12.7. The van der Waals surface area contributed by atoms with Crippen molar-refractivity contribution in [1.82, 2.24) is 4.98 Å². The zero-order valence-corrected chi connectivity index (χ0v) is 11.3. The lowest BCUT2D eigenvalue weighted by molar-refractivity contribution is 0.152. The molecule has 21 heavy (non-hydrogen) atoms. The van der Waals surface area contributed by atoms with Crippen molar-refractivity contribution in [3.63, 3.8) is 0 Å². The van der Waals surface area contributed by atoms with Crippen LogP contribution in [0.2, 0.25) is 0 Å². The second-order valence-corrected chi connectivity index (χ2v) is 4.53. The first kappa shape index (κ1) is 15.1. The zero-order chi connectivity index (χ0) is 15.4. The number of hydrogen-bond donors (Lipinski definition) is 3. The fourth-order valence-electron chi connectivity index (χ4n) is 2.12. The van der Waals surface area contributed by atoms with Crippen molar-refractivity contribution in [2.24, 2.45) is 5.73 Å². The minimum atomic E-state index is -2.58. The molecule has 0 bridgehead atoms. The Bertz CT molecular complexity index is 648. The topological polar surface area (TPSA) is 86.2 Å². The number of anilines is 1. The molecule has 1 aromatic carbocycles. The minimum absolute atomic E-state index is 0.00401. The largest absolute Gasteiger partial charge is 0.395 e. The molecule has 0 saturated heterocycles. The Morgan fingerprint density at radius 2 is 2.10 bits per heavy atom. The van der Waals surface area contributed by atoms with Crippen molar-refractivity contribution in [2.75, 3.05) is 24.6 Å². The van der Waals surface area contributed by atoms with Crippen LogP contribution in [0.1, 0.15) is 5.56 Å². The molecule has 0 aliphatic carbocycles. The van der Waals surface area contributed by atoms with Crippen LogP contribution in [0, 0.1) is 5.41 Å². The second kappa shape index (κ2) is 6.45. The van der Waals surface area contributed by atoms with E-state index in [1.165, 1.54) is 4.90 Å². The van der Waals surface area contributed by atoms with Gasteiger partial charge < -0.3 is 15.7 Å². The van der Waals surface area contributed by atoms with E-state index in [0.717, 1.165) is 5.39 Å². The van der Waals surface area contributed by atoms with Crippen LogP contribution in [-0.2, 0) is 0 Å². The van der Waals surface area contributed by atoms with Crippen LogP contribution in [0.25, 0.3) is 10.9 Å². The number of hydrogen-bond acceptors (Lipinski definition) is 4. The highest BCUT2D eigenvalue weighted by atomic mass is 19.3. The Labute approximate surface area is 120 Å². The van der Waals surface area contributed by atoms with Crippen molar-refractivity contribution in [2.45, 2.75) is 6.43 Å². The Morgan fingerprint density at radius 1 is 1.38 bits per heavy atom. The fraction of sp³-hybridized carbons (Fsp3) is 0.286. The summed E-state index contributed by atoms with van der Waals surface area (Å²) >= 11 is 0. The van der Waals surface area contributed by atoms with Gasteiger partial charge in [0.25, 0.3) is 6.43 Å². The summed E-state index contributed by atoms with van der Waals surface area (Å²) in [5, 5.41) is 17.4. The number of aliphatic hydroxyl groups excluding tert-OH is 1. The number of nitrogens with one attached hydrogen (secondary N) is 1. The number of nitrogen functional groups attached to an aromatic ring is 1. The molecule has 1 heterocycles. The highest BCUT2D eigenvalue weighted by Crippen LogP contribution is 2.24. The number of para-hydroxylation sites is 1. The number of halogens is 2. The molecule has 0 aliphatic rings. The number of aliphatic hydroxyl groups is 1. The quantitative estimate of drug-likeness (QED) is 0.558. The van der Waals surface area contributed by atoms with Gasteiger partial charge >= 0.3 is 0 Å². The maximum Gasteiger partial charge on any atom is 0.255 e. The lowest BCUT2D eigenvalue weighted by atomic mass is 10.1. The molecule has 0 radical (unpaired) electrons. The van der Waals surface area contributed by atoms with E-state index in [0.29, 0.717) is 5.52 Å².